The van der Waals surface area contributed by atoms with E-state index in [0.29, 0.717) is 38.2 Å². The molecule has 2 aliphatic heterocycles. The normalized spacial score (nSPS) is 18.5. The van der Waals surface area contributed by atoms with Gasteiger partial charge in [-0.05, 0) is 18.2 Å². The predicted octanol–water partition coefficient (Wildman–Crippen LogP) is 2.23. The third-order valence-electron chi connectivity index (χ3n) is 4.45. The first-order valence-electron chi connectivity index (χ1n) is 7.83. The number of urea groups is 1. The minimum Gasteiger partial charge on any atom is -0.465 e. The van der Waals surface area contributed by atoms with E-state index in [1.54, 1.807) is 11.0 Å². The van der Waals surface area contributed by atoms with E-state index in [9.17, 15) is 14.4 Å². The smallest absolute Gasteiger partial charge is 0.407 e. The highest BCUT2D eigenvalue weighted by molar-refractivity contribution is 6.33. The summed E-state index contributed by atoms with van der Waals surface area (Å²) >= 11 is 5.96. The Bertz CT molecular complexity index is 716. The van der Waals surface area contributed by atoms with E-state index in [2.05, 4.69) is 15.4 Å². The van der Waals surface area contributed by atoms with Crippen LogP contribution in [0.3, 0.4) is 0 Å². The molecule has 3 amide bonds. The molecule has 0 aliphatic carbocycles. The Morgan fingerprint density at radius 3 is 2.68 bits per heavy atom. The van der Waals surface area contributed by atoms with Crippen LogP contribution in [0.25, 0.3) is 0 Å². The summed E-state index contributed by atoms with van der Waals surface area (Å²) in [7, 11) is 1.26. The number of nitrogens with one attached hydrogen (secondary N) is 2. The number of esters is 1. The fraction of sp³-hybridized carbons (Fsp3) is 0.438. The fourth-order valence-electron chi connectivity index (χ4n) is 2.97. The van der Waals surface area contributed by atoms with Crippen molar-refractivity contribution < 1.29 is 23.9 Å². The summed E-state index contributed by atoms with van der Waals surface area (Å²) < 4.78 is 9.99. The van der Waals surface area contributed by atoms with Crippen LogP contribution in [0.4, 0.5) is 15.3 Å². The van der Waals surface area contributed by atoms with Crippen LogP contribution in [-0.2, 0) is 9.47 Å². The van der Waals surface area contributed by atoms with Crippen LogP contribution in [0, 0.1) is 0 Å². The number of carbonyl (C=O) groups is 3. The number of ether oxygens (including phenoxy) is 2. The number of amides is 3. The molecule has 0 unspecified atom stereocenters. The molecule has 0 radical (unpaired) electrons. The van der Waals surface area contributed by atoms with E-state index < -0.39 is 17.7 Å². The molecule has 2 fully saturated rings. The lowest BCUT2D eigenvalue weighted by atomic mass is 9.92. The quantitative estimate of drug-likeness (QED) is 0.781. The van der Waals surface area contributed by atoms with E-state index in [0.717, 1.165) is 0 Å². The number of piperidine rings is 1. The highest BCUT2D eigenvalue weighted by Gasteiger charge is 2.43. The van der Waals surface area contributed by atoms with Crippen molar-refractivity contribution in [3.8, 4) is 0 Å². The van der Waals surface area contributed by atoms with E-state index in [4.69, 9.17) is 16.3 Å². The molecule has 25 heavy (non-hydrogen) atoms. The highest BCUT2D eigenvalue weighted by Crippen LogP contribution is 2.29. The van der Waals surface area contributed by atoms with Gasteiger partial charge < -0.3 is 25.0 Å². The number of halogens is 1. The lowest BCUT2D eigenvalue weighted by Crippen LogP contribution is -2.49. The van der Waals surface area contributed by atoms with E-state index >= 15 is 0 Å². The third kappa shape index (κ3) is 3.63. The molecule has 1 aromatic carbocycles. The maximum absolute atomic E-state index is 12.4. The van der Waals surface area contributed by atoms with Gasteiger partial charge in [-0.2, -0.15) is 0 Å². The average molecular weight is 368 g/mol. The Hall–Kier alpha value is -2.48. The van der Waals surface area contributed by atoms with Crippen molar-refractivity contribution in [3.63, 3.8) is 0 Å². The molecule has 0 aromatic heterocycles. The van der Waals surface area contributed by atoms with Gasteiger partial charge in [0.15, 0.2) is 0 Å². The first-order valence-corrected chi connectivity index (χ1v) is 8.21. The summed E-state index contributed by atoms with van der Waals surface area (Å²) in [6.45, 7) is 1.41. The molecule has 1 aromatic rings. The monoisotopic (exact) mass is 367 g/mol. The summed E-state index contributed by atoms with van der Waals surface area (Å²) in [5.74, 6) is -0.573. The van der Waals surface area contributed by atoms with Crippen molar-refractivity contribution >= 4 is 35.4 Å². The van der Waals surface area contributed by atoms with Crippen LogP contribution in [0.5, 0.6) is 0 Å². The van der Waals surface area contributed by atoms with Gasteiger partial charge in [0.05, 0.1) is 24.2 Å². The van der Waals surface area contributed by atoms with Gasteiger partial charge in [-0.15, -0.1) is 0 Å². The van der Waals surface area contributed by atoms with Crippen LogP contribution >= 0.6 is 11.6 Å². The Labute approximate surface area is 149 Å². The molecule has 9 heteroatoms. The lowest BCUT2D eigenvalue weighted by molar-refractivity contribution is 0.0110. The Morgan fingerprint density at radius 1 is 1.36 bits per heavy atom. The zero-order chi connectivity index (χ0) is 18.0. The summed E-state index contributed by atoms with van der Waals surface area (Å²) in [5.41, 5.74) is 0.124. The van der Waals surface area contributed by atoms with Crippen molar-refractivity contribution in [1.82, 2.24) is 10.2 Å². The minimum atomic E-state index is -0.573. The van der Waals surface area contributed by atoms with Crippen LogP contribution in [0.1, 0.15) is 23.2 Å². The number of nitrogens with zero attached hydrogens (tertiary/aromatic N) is 1. The SMILES string of the molecule is COC(=O)c1cc(NC(=O)N2CCC3(CC2)CNC(=O)O3)ccc1Cl. The molecule has 2 heterocycles. The largest absolute Gasteiger partial charge is 0.465 e. The van der Waals surface area contributed by atoms with Crippen LogP contribution in [0.15, 0.2) is 18.2 Å². The highest BCUT2D eigenvalue weighted by atomic mass is 35.5. The van der Waals surface area contributed by atoms with Crippen molar-refractivity contribution in [2.45, 2.75) is 18.4 Å². The first kappa shape index (κ1) is 17.3. The third-order valence-corrected chi connectivity index (χ3v) is 4.78. The number of alkyl carbamates (subject to hydrolysis) is 1. The van der Waals surface area contributed by atoms with Gasteiger partial charge >= 0.3 is 18.1 Å². The molecule has 2 N–H and O–H groups in total. The number of hydrogen-bond acceptors (Lipinski definition) is 5. The number of benzene rings is 1. The molecule has 134 valence electrons. The van der Waals surface area contributed by atoms with Crippen LogP contribution in [-0.4, -0.2) is 55.3 Å². The molecule has 0 atom stereocenters. The maximum Gasteiger partial charge on any atom is 0.407 e. The van der Waals surface area contributed by atoms with Gasteiger partial charge in [-0.3, -0.25) is 0 Å². The zero-order valence-electron chi connectivity index (χ0n) is 13.6. The number of hydrogen-bond donors (Lipinski definition) is 2. The van der Waals surface area contributed by atoms with Crippen LogP contribution < -0.4 is 10.6 Å². The zero-order valence-corrected chi connectivity index (χ0v) is 14.4. The van der Waals surface area contributed by atoms with Gasteiger partial charge in [-0.1, -0.05) is 11.6 Å². The molecule has 3 rings (SSSR count). The second-order valence-corrected chi connectivity index (χ2v) is 6.44. The van der Waals surface area contributed by atoms with Gasteiger partial charge in [0, 0.05) is 31.6 Å². The van der Waals surface area contributed by atoms with Crippen molar-refractivity contribution in [2.75, 3.05) is 32.1 Å². The number of methoxy groups -OCH3 is 1. The van der Waals surface area contributed by atoms with Gasteiger partial charge in [0.2, 0.25) is 0 Å². The Kier molecular flexibility index (Phi) is 4.71. The van der Waals surface area contributed by atoms with Crippen molar-refractivity contribution in [2.24, 2.45) is 0 Å². The summed E-state index contributed by atoms with van der Waals surface area (Å²) in [5, 5.41) is 5.65. The van der Waals surface area contributed by atoms with E-state index in [1.807, 2.05) is 0 Å². The fourth-order valence-corrected chi connectivity index (χ4v) is 3.16. The molecule has 2 aliphatic rings. The molecule has 1 spiro atoms. The maximum atomic E-state index is 12.4. The topological polar surface area (TPSA) is 97.0 Å². The second kappa shape index (κ2) is 6.79. The Balaban J connectivity index is 1.62. The number of rotatable bonds is 2. The summed E-state index contributed by atoms with van der Waals surface area (Å²) in [6, 6.07) is 4.32. The predicted molar refractivity (Wildman–Crippen MR) is 89.8 cm³/mol. The molecule has 0 bridgehead atoms. The molecular formula is C16H18ClN3O5. The molecule has 8 nitrogen and oxygen atoms in total. The Morgan fingerprint density at radius 2 is 2.08 bits per heavy atom. The average Bonchev–Trinajstić information content (AvgIpc) is 2.96. The molecular weight excluding hydrogens is 350 g/mol. The second-order valence-electron chi connectivity index (χ2n) is 6.03. The van der Waals surface area contributed by atoms with E-state index in [1.165, 1.54) is 19.2 Å². The number of carbonyl (C=O) groups excluding carboxylic acids is 3. The summed E-state index contributed by atoms with van der Waals surface area (Å²) in [6.07, 6.45) is 0.745. The van der Waals surface area contributed by atoms with Gasteiger partial charge in [0.25, 0.3) is 0 Å². The summed E-state index contributed by atoms with van der Waals surface area (Å²) in [4.78, 5) is 37.0. The lowest BCUT2D eigenvalue weighted by Gasteiger charge is -2.37. The number of likely N-dealkylation sites (tertiary alicyclic amines) is 1. The van der Waals surface area contributed by atoms with E-state index in [-0.39, 0.29) is 16.6 Å². The molecule has 0 saturated carbocycles. The van der Waals surface area contributed by atoms with Crippen molar-refractivity contribution in [3.05, 3.63) is 28.8 Å². The van der Waals surface area contributed by atoms with Crippen LogP contribution in [0.2, 0.25) is 5.02 Å². The van der Waals surface area contributed by atoms with Gasteiger partial charge in [-0.25, -0.2) is 14.4 Å². The minimum absolute atomic E-state index is 0.184. The first-order chi connectivity index (χ1) is 11.9. The van der Waals surface area contributed by atoms with Crippen molar-refractivity contribution in [1.29, 1.82) is 0 Å². The standard InChI is InChI=1S/C16H18ClN3O5/c1-24-13(21)11-8-10(2-3-12(11)17)19-14(22)20-6-4-16(5-7-20)9-18-15(23)25-16/h2-3,8H,4-7,9H2,1H3,(H,18,23)(H,19,22). The molecule has 2 saturated heterocycles. The van der Waals surface area contributed by atoms with Gasteiger partial charge in [0.1, 0.15) is 5.60 Å². The number of anilines is 1.